The number of carbonyl (C=O) groups is 2. The number of rotatable bonds is 7. The molecule has 0 saturated heterocycles. The largest absolute Gasteiger partial charge is 0.375 e. The van der Waals surface area contributed by atoms with E-state index in [-0.39, 0.29) is 16.8 Å². The van der Waals surface area contributed by atoms with E-state index in [2.05, 4.69) is 0 Å². The van der Waals surface area contributed by atoms with E-state index >= 15 is 0 Å². The number of carbonyl (C=O) groups excluding carboxylic acids is 2. The second-order valence-corrected chi connectivity index (χ2v) is 8.05. The van der Waals surface area contributed by atoms with Crippen LogP contribution in [0.5, 0.6) is 0 Å². The van der Waals surface area contributed by atoms with E-state index in [1.54, 1.807) is 12.1 Å². The quantitative estimate of drug-likeness (QED) is 0.328. The molecule has 162 valence electrons. The number of aliphatic hydroxyl groups is 1. The van der Waals surface area contributed by atoms with E-state index < -0.39 is 28.6 Å². The average Bonchev–Trinajstić information content (AvgIpc) is 2.99. The Balaban J connectivity index is 1.62. The minimum atomic E-state index is -2.07. The number of non-ortho nitro benzene ring substituents is 1. The predicted octanol–water partition coefficient (Wildman–Crippen LogP) is 4.30. The van der Waals surface area contributed by atoms with E-state index in [1.165, 1.54) is 35.2 Å². The number of amides is 1. The first-order valence-electron chi connectivity index (χ1n) is 9.95. The summed E-state index contributed by atoms with van der Waals surface area (Å²) in [6, 6.07) is 19.5. The van der Waals surface area contributed by atoms with Crippen LogP contribution in [0.1, 0.15) is 27.9 Å². The van der Waals surface area contributed by atoms with Crippen molar-refractivity contribution in [3.8, 4) is 0 Å². The Morgan fingerprint density at radius 2 is 1.75 bits per heavy atom. The van der Waals surface area contributed by atoms with Crippen molar-refractivity contribution in [2.24, 2.45) is 0 Å². The molecule has 0 radical (unpaired) electrons. The summed E-state index contributed by atoms with van der Waals surface area (Å²) in [7, 11) is 0. The fourth-order valence-corrected chi connectivity index (χ4v) is 4.08. The number of benzene rings is 3. The maximum absolute atomic E-state index is 13.3. The Hall–Kier alpha value is -3.55. The van der Waals surface area contributed by atoms with Gasteiger partial charge in [0.1, 0.15) is 0 Å². The summed E-state index contributed by atoms with van der Waals surface area (Å²) in [5, 5.41) is 22.6. The number of anilines is 1. The number of halogens is 1. The van der Waals surface area contributed by atoms with E-state index in [9.17, 15) is 24.8 Å². The first-order chi connectivity index (χ1) is 15.3. The molecule has 0 saturated carbocycles. The third kappa shape index (κ3) is 4.00. The summed E-state index contributed by atoms with van der Waals surface area (Å²) in [6.07, 6.45) is 0.0693. The zero-order chi connectivity index (χ0) is 22.9. The van der Waals surface area contributed by atoms with Gasteiger partial charge >= 0.3 is 0 Å². The summed E-state index contributed by atoms with van der Waals surface area (Å²) < 4.78 is 0. The number of nitro benzene ring substituents is 1. The van der Waals surface area contributed by atoms with Crippen LogP contribution in [0.3, 0.4) is 0 Å². The third-order valence-corrected chi connectivity index (χ3v) is 5.81. The molecule has 0 aromatic heterocycles. The first-order valence-corrected chi connectivity index (χ1v) is 10.3. The molecule has 32 heavy (non-hydrogen) atoms. The molecule has 0 spiro atoms. The smallest absolute Gasteiger partial charge is 0.269 e. The lowest BCUT2D eigenvalue weighted by Crippen LogP contribution is -2.42. The number of ketones is 1. The number of nitro groups is 1. The SMILES string of the molecule is O=C(C[C@]1(O)C(=O)N(CCc2ccccc2)c2ccc(Cl)cc21)c1ccc([N+](=O)[O-])cc1. The van der Waals surface area contributed by atoms with Crippen LogP contribution >= 0.6 is 11.6 Å². The number of hydrogen-bond donors (Lipinski definition) is 1. The standard InChI is InChI=1S/C24H19ClN2O5/c25-18-8-11-21-20(14-18)24(30,15-22(28)17-6-9-19(10-7-17)27(31)32)23(29)26(21)13-12-16-4-2-1-3-5-16/h1-11,14,30H,12-13,15H2/t24-/m1/s1. The number of nitrogens with zero attached hydrogens (tertiary/aromatic N) is 2. The summed E-state index contributed by atoms with van der Waals surface area (Å²) in [5.41, 5.74) is -0.235. The minimum absolute atomic E-state index is 0.151. The molecule has 3 aromatic rings. The summed E-state index contributed by atoms with van der Waals surface area (Å²) in [6.45, 7) is 0.325. The Morgan fingerprint density at radius 1 is 1.06 bits per heavy atom. The molecule has 1 amide bonds. The van der Waals surface area contributed by atoms with Crippen molar-refractivity contribution >= 4 is 34.7 Å². The molecule has 7 nitrogen and oxygen atoms in total. The van der Waals surface area contributed by atoms with Gasteiger partial charge in [-0.15, -0.1) is 0 Å². The summed E-state index contributed by atoms with van der Waals surface area (Å²) in [4.78, 5) is 37.9. The number of hydrogen-bond acceptors (Lipinski definition) is 5. The van der Waals surface area contributed by atoms with Crippen molar-refractivity contribution in [1.29, 1.82) is 0 Å². The van der Waals surface area contributed by atoms with E-state index in [0.717, 1.165) is 5.56 Å². The Bertz CT molecular complexity index is 1200. The summed E-state index contributed by atoms with van der Waals surface area (Å²) >= 11 is 6.13. The second kappa shape index (κ2) is 8.53. The molecule has 1 heterocycles. The van der Waals surface area contributed by atoms with Gasteiger partial charge in [0.15, 0.2) is 11.4 Å². The maximum Gasteiger partial charge on any atom is 0.269 e. The number of Topliss-reactive ketones (excluding diaryl/α,β-unsaturated/α-hetero) is 1. The summed E-state index contributed by atoms with van der Waals surface area (Å²) in [5.74, 6) is -1.10. The van der Waals surface area contributed by atoms with Crippen molar-refractivity contribution < 1.29 is 19.6 Å². The lowest BCUT2D eigenvalue weighted by molar-refractivity contribution is -0.384. The lowest BCUT2D eigenvalue weighted by Gasteiger charge is -2.23. The zero-order valence-electron chi connectivity index (χ0n) is 16.9. The highest BCUT2D eigenvalue weighted by Crippen LogP contribution is 2.44. The molecule has 8 heteroatoms. The van der Waals surface area contributed by atoms with Crippen molar-refractivity contribution in [2.45, 2.75) is 18.4 Å². The monoisotopic (exact) mass is 450 g/mol. The fourth-order valence-electron chi connectivity index (χ4n) is 3.90. The second-order valence-electron chi connectivity index (χ2n) is 7.62. The molecular formula is C24H19ClN2O5. The van der Waals surface area contributed by atoms with Crippen LogP contribution in [0.4, 0.5) is 11.4 Å². The van der Waals surface area contributed by atoms with Crippen molar-refractivity contribution in [3.05, 3.63) is 105 Å². The first kappa shape index (κ1) is 21.7. The van der Waals surface area contributed by atoms with Gasteiger partial charge in [-0.3, -0.25) is 19.7 Å². The molecule has 1 aliphatic heterocycles. The molecular weight excluding hydrogens is 432 g/mol. The van der Waals surface area contributed by atoms with E-state index in [4.69, 9.17) is 11.6 Å². The molecule has 0 aliphatic carbocycles. The Morgan fingerprint density at radius 3 is 2.41 bits per heavy atom. The molecule has 1 N–H and O–H groups in total. The highest BCUT2D eigenvalue weighted by molar-refractivity contribution is 6.31. The van der Waals surface area contributed by atoms with Crippen LogP contribution in [0.25, 0.3) is 0 Å². The van der Waals surface area contributed by atoms with Crippen LogP contribution < -0.4 is 4.90 Å². The predicted molar refractivity (Wildman–Crippen MR) is 120 cm³/mol. The fraction of sp³-hybridized carbons (Fsp3) is 0.167. The lowest BCUT2D eigenvalue weighted by atomic mass is 9.88. The highest BCUT2D eigenvalue weighted by Gasteiger charge is 2.50. The average molecular weight is 451 g/mol. The van der Waals surface area contributed by atoms with Gasteiger partial charge in [-0.1, -0.05) is 41.9 Å². The molecule has 0 unspecified atom stereocenters. The molecule has 3 aromatic carbocycles. The molecule has 1 atom stereocenters. The molecule has 0 bridgehead atoms. The number of fused-ring (bicyclic) bond motifs is 1. The van der Waals surface area contributed by atoms with Gasteiger partial charge in [-0.2, -0.15) is 0 Å². The van der Waals surface area contributed by atoms with Gasteiger partial charge in [-0.25, -0.2) is 0 Å². The van der Waals surface area contributed by atoms with E-state index in [0.29, 0.717) is 23.7 Å². The maximum atomic E-state index is 13.3. The topological polar surface area (TPSA) is 101 Å². The van der Waals surface area contributed by atoms with Crippen molar-refractivity contribution in [2.75, 3.05) is 11.4 Å². The van der Waals surface area contributed by atoms with Crippen molar-refractivity contribution in [3.63, 3.8) is 0 Å². The van der Waals surface area contributed by atoms with Gasteiger partial charge in [0.05, 0.1) is 17.0 Å². The zero-order valence-corrected chi connectivity index (χ0v) is 17.7. The molecule has 4 rings (SSSR count). The van der Waals surface area contributed by atoms with Crippen LogP contribution in [0.2, 0.25) is 5.02 Å². The van der Waals surface area contributed by atoms with Crippen molar-refractivity contribution in [1.82, 2.24) is 0 Å². The van der Waals surface area contributed by atoms with Gasteiger partial charge in [0.25, 0.3) is 11.6 Å². The normalized spacial score (nSPS) is 17.3. The van der Waals surface area contributed by atoms with E-state index in [1.807, 2.05) is 30.3 Å². The van der Waals surface area contributed by atoms with Crippen LogP contribution in [-0.2, 0) is 16.8 Å². The Kier molecular flexibility index (Phi) is 5.78. The Labute approximate surface area is 189 Å². The minimum Gasteiger partial charge on any atom is -0.375 e. The van der Waals surface area contributed by atoms with Gasteiger partial charge in [0.2, 0.25) is 0 Å². The van der Waals surface area contributed by atoms with Gasteiger partial charge < -0.3 is 10.0 Å². The molecule has 1 aliphatic rings. The van der Waals surface area contributed by atoms with Gasteiger partial charge in [-0.05, 0) is 42.3 Å². The molecule has 0 fully saturated rings. The highest BCUT2D eigenvalue weighted by atomic mass is 35.5. The van der Waals surface area contributed by atoms with Gasteiger partial charge in [0, 0.05) is 34.8 Å². The van der Waals surface area contributed by atoms with Crippen LogP contribution in [0, 0.1) is 10.1 Å². The third-order valence-electron chi connectivity index (χ3n) is 5.58. The van der Waals surface area contributed by atoms with Crippen LogP contribution in [-0.4, -0.2) is 28.3 Å². The van der Waals surface area contributed by atoms with Crippen LogP contribution in [0.15, 0.2) is 72.8 Å².